The first-order valence-corrected chi connectivity index (χ1v) is 7.08. The van der Waals surface area contributed by atoms with Crippen LogP contribution < -0.4 is 10.1 Å². The lowest BCUT2D eigenvalue weighted by molar-refractivity contribution is 0.232. The fourth-order valence-corrected chi connectivity index (χ4v) is 2.27. The van der Waals surface area contributed by atoms with Crippen LogP contribution in [-0.2, 0) is 6.54 Å². The molecule has 6 heteroatoms. The van der Waals surface area contributed by atoms with E-state index in [0.717, 1.165) is 16.4 Å². The van der Waals surface area contributed by atoms with E-state index in [9.17, 15) is 0 Å². The van der Waals surface area contributed by atoms with E-state index >= 15 is 0 Å². The van der Waals surface area contributed by atoms with E-state index in [4.69, 9.17) is 4.74 Å². The number of aromatic nitrogens is 3. The van der Waals surface area contributed by atoms with Crippen molar-refractivity contribution >= 4 is 17.3 Å². The first kappa shape index (κ1) is 13.7. The Hall–Kier alpha value is -1.69. The molecule has 2 aromatic rings. The van der Waals surface area contributed by atoms with Crippen LogP contribution in [0.5, 0.6) is 5.88 Å². The van der Waals surface area contributed by atoms with Crippen LogP contribution in [0.15, 0.2) is 11.4 Å². The highest BCUT2D eigenvalue weighted by atomic mass is 32.1. The summed E-state index contributed by atoms with van der Waals surface area (Å²) in [5.41, 5.74) is 1.92. The van der Waals surface area contributed by atoms with E-state index in [1.807, 2.05) is 39.1 Å². The highest BCUT2D eigenvalue weighted by molar-refractivity contribution is 7.09. The van der Waals surface area contributed by atoms with E-state index in [-0.39, 0.29) is 6.10 Å². The molecule has 5 nitrogen and oxygen atoms in total. The Labute approximate surface area is 117 Å². The predicted molar refractivity (Wildman–Crippen MR) is 76.7 cm³/mol. The first-order chi connectivity index (χ1) is 9.02. The Morgan fingerprint density at radius 1 is 1.21 bits per heavy atom. The van der Waals surface area contributed by atoms with Gasteiger partial charge in [-0.3, -0.25) is 0 Å². The van der Waals surface area contributed by atoms with Crippen LogP contribution in [0.3, 0.4) is 0 Å². The Morgan fingerprint density at radius 3 is 2.63 bits per heavy atom. The summed E-state index contributed by atoms with van der Waals surface area (Å²) in [6.45, 7) is 8.49. The molecule has 0 saturated carbocycles. The maximum absolute atomic E-state index is 5.59. The van der Waals surface area contributed by atoms with Crippen molar-refractivity contribution < 1.29 is 4.74 Å². The minimum absolute atomic E-state index is 0.101. The molecular formula is C13H18N4OS. The molecule has 0 aliphatic carbocycles. The Balaban J connectivity index is 2.05. The molecule has 102 valence electrons. The van der Waals surface area contributed by atoms with Crippen LogP contribution in [0.4, 0.5) is 5.95 Å². The van der Waals surface area contributed by atoms with E-state index in [0.29, 0.717) is 18.4 Å². The normalized spacial score (nSPS) is 10.8. The molecule has 0 radical (unpaired) electrons. The molecule has 0 aromatic carbocycles. The zero-order valence-corrected chi connectivity index (χ0v) is 12.4. The summed E-state index contributed by atoms with van der Waals surface area (Å²) in [7, 11) is 0. The largest absolute Gasteiger partial charge is 0.475 e. The number of aryl methyl sites for hydroxylation is 2. The molecule has 0 spiro atoms. The van der Waals surface area contributed by atoms with Crippen molar-refractivity contribution in [3.05, 3.63) is 27.8 Å². The number of ether oxygens (including phenoxy) is 1. The van der Waals surface area contributed by atoms with Gasteiger partial charge in [-0.15, -0.1) is 11.3 Å². The van der Waals surface area contributed by atoms with Crippen molar-refractivity contribution in [2.75, 3.05) is 5.32 Å². The van der Waals surface area contributed by atoms with E-state index in [1.165, 1.54) is 0 Å². The third-order valence-corrected chi connectivity index (χ3v) is 3.22. The van der Waals surface area contributed by atoms with Crippen molar-refractivity contribution in [2.45, 2.75) is 40.3 Å². The minimum atomic E-state index is 0.101. The third-order valence-electron chi connectivity index (χ3n) is 2.25. The van der Waals surface area contributed by atoms with Gasteiger partial charge in [-0.05, 0) is 27.7 Å². The average molecular weight is 278 g/mol. The standard InChI is InChI=1S/C13H18N4OS/c1-8(2)18-11-5-9(3)16-13(17-11)14-6-12-15-10(4)7-19-12/h5,7-8H,6H2,1-4H3,(H,14,16,17). The summed E-state index contributed by atoms with van der Waals surface area (Å²) in [4.78, 5) is 13.1. The Bertz CT molecular complexity index is 553. The summed E-state index contributed by atoms with van der Waals surface area (Å²) < 4.78 is 5.59. The fourth-order valence-electron chi connectivity index (χ4n) is 1.56. The minimum Gasteiger partial charge on any atom is -0.475 e. The van der Waals surface area contributed by atoms with Gasteiger partial charge in [0, 0.05) is 22.8 Å². The monoisotopic (exact) mass is 278 g/mol. The molecule has 2 aromatic heterocycles. The molecule has 0 fully saturated rings. The number of nitrogens with one attached hydrogen (secondary N) is 1. The lowest BCUT2D eigenvalue weighted by Crippen LogP contribution is -2.10. The zero-order valence-electron chi connectivity index (χ0n) is 11.6. The van der Waals surface area contributed by atoms with Crippen LogP contribution in [0.1, 0.15) is 30.2 Å². The first-order valence-electron chi connectivity index (χ1n) is 6.20. The van der Waals surface area contributed by atoms with Crippen molar-refractivity contribution in [1.29, 1.82) is 0 Å². The van der Waals surface area contributed by atoms with E-state index in [2.05, 4.69) is 20.3 Å². The predicted octanol–water partition coefficient (Wildman–Crippen LogP) is 2.95. The lowest BCUT2D eigenvalue weighted by Gasteiger charge is -2.11. The van der Waals surface area contributed by atoms with Gasteiger partial charge in [0.05, 0.1) is 12.6 Å². The molecule has 0 amide bonds. The zero-order chi connectivity index (χ0) is 13.8. The summed E-state index contributed by atoms with van der Waals surface area (Å²) in [6.07, 6.45) is 0.101. The molecule has 0 aliphatic heterocycles. The second-order valence-corrected chi connectivity index (χ2v) is 5.52. The Morgan fingerprint density at radius 2 is 2.00 bits per heavy atom. The van der Waals surface area contributed by atoms with Gasteiger partial charge in [0.25, 0.3) is 0 Å². The third kappa shape index (κ3) is 4.17. The number of rotatable bonds is 5. The van der Waals surface area contributed by atoms with Crippen LogP contribution in [0, 0.1) is 13.8 Å². The maximum Gasteiger partial charge on any atom is 0.226 e. The number of hydrogen-bond donors (Lipinski definition) is 1. The number of anilines is 1. The lowest BCUT2D eigenvalue weighted by atomic mass is 10.4. The highest BCUT2D eigenvalue weighted by Gasteiger charge is 2.06. The molecule has 0 unspecified atom stereocenters. The van der Waals surface area contributed by atoms with Gasteiger partial charge in [-0.25, -0.2) is 9.97 Å². The number of hydrogen-bond acceptors (Lipinski definition) is 6. The topological polar surface area (TPSA) is 59.9 Å². The van der Waals surface area contributed by atoms with Crippen molar-refractivity contribution in [3.63, 3.8) is 0 Å². The quantitative estimate of drug-likeness (QED) is 0.911. The summed E-state index contributed by atoms with van der Waals surface area (Å²) in [5.74, 6) is 1.17. The van der Waals surface area contributed by atoms with Gasteiger partial charge in [0.15, 0.2) is 0 Å². The van der Waals surface area contributed by atoms with Gasteiger partial charge in [0.1, 0.15) is 5.01 Å². The van der Waals surface area contributed by atoms with E-state index in [1.54, 1.807) is 11.3 Å². The van der Waals surface area contributed by atoms with Crippen LogP contribution in [0.25, 0.3) is 0 Å². The molecule has 0 saturated heterocycles. The van der Waals surface area contributed by atoms with Crippen molar-refractivity contribution in [1.82, 2.24) is 15.0 Å². The summed E-state index contributed by atoms with van der Waals surface area (Å²) in [6, 6.07) is 1.83. The van der Waals surface area contributed by atoms with Crippen molar-refractivity contribution in [3.8, 4) is 5.88 Å². The smallest absolute Gasteiger partial charge is 0.226 e. The van der Waals surface area contributed by atoms with Gasteiger partial charge in [-0.2, -0.15) is 4.98 Å². The molecule has 19 heavy (non-hydrogen) atoms. The molecule has 1 N–H and O–H groups in total. The molecule has 2 rings (SSSR count). The van der Waals surface area contributed by atoms with Gasteiger partial charge in [-0.1, -0.05) is 0 Å². The van der Waals surface area contributed by atoms with Gasteiger partial charge in [0.2, 0.25) is 11.8 Å². The molecular weight excluding hydrogens is 260 g/mol. The number of nitrogens with zero attached hydrogens (tertiary/aromatic N) is 3. The molecule has 0 bridgehead atoms. The van der Waals surface area contributed by atoms with Crippen LogP contribution in [0.2, 0.25) is 0 Å². The number of thiazole rings is 1. The van der Waals surface area contributed by atoms with Gasteiger partial charge < -0.3 is 10.1 Å². The molecule has 2 heterocycles. The second-order valence-electron chi connectivity index (χ2n) is 4.57. The molecule has 0 atom stereocenters. The second kappa shape index (κ2) is 5.97. The summed E-state index contributed by atoms with van der Waals surface area (Å²) >= 11 is 1.63. The average Bonchev–Trinajstić information content (AvgIpc) is 2.71. The maximum atomic E-state index is 5.59. The SMILES string of the molecule is Cc1cc(OC(C)C)nc(NCc2nc(C)cs2)n1. The van der Waals surface area contributed by atoms with Crippen LogP contribution in [-0.4, -0.2) is 21.1 Å². The van der Waals surface area contributed by atoms with E-state index < -0.39 is 0 Å². The highest BCUT2D eigenvalue weighted by Crippen LogP contribution is 2.15. The summed E-state index contributed by atoms with van der Waals surface area (Å²) in [5, 5.41) is 6.23. The molecule has 0 aliphatic rings. The van der Waals surface area contributed by atoms with Crippen molar-refractivity contribution in [2.24, 2.45) is 0 Å². The van der Waals surface area contributed by atoms with Gasteiger partial charge >= 0.3 is 0 Å². The Kier molecular flexibility index (Phi) is 4.31. The fraction of sp³-hybridized carbons (Fsp3) is 0.462. The van der Waals surface area contributed by atoms with Crippen LogP contribution >= 0.6 is 11.3 Å².